The van der Waals surface area contributed by atoms with Gasteiger partial charge in [-0.05, 0) is 56.2 Å². The van der Waals surface area contributed by atoms with Crippen molar-refractivity contribution in [3.05, 3.63) is 77.5 Å². The number of nitrogens with one attached hydrogen (secondary N) is 2. The van der Waals surface area contributed by atoms with Crippen molar-refractivity contribution in [2.24, 2.45) is 0 Å². The number of benzene rings is 2. The lowest BCUT2D eigenvalue weighted by Crippen LogP contribution is -2.47. The average Bonchev–Trinajstić information content (AvgIpc) is 3.33. The first-order valence-electron chi connectivity index (χ1n) is 12.1. The number of anilines is 2. The highest BCUT2D eigenvalue weighted by molar-refractivity contribution is 7.90. The van der Waals surface area contributed by atoms with Gasteiger partial charge in [0.25, 0.3) is 10.0 Å². The van der Waals surface area contributed by atoms with E-state index in [9.17, 15) is 17.6 Å². The standard InChI is InChI=1S/C26H26ClFN6O3S/c1-17-4-6-22(7-5-17)38(36,37)34-10-8-23-25(30-16-31-26(23)34)32-20-3-2-9-33(15-20)24(35)14-29-21-12-18(27)11-19(28)13-21/h4-8,10-13,16,20,29H,2-3,9,14-15H2,1H3,(H,30,31,32). The highest BCUT2D eigenvalue weighted by atomic mass is 35.5. The third-order valence-corrected chi connectivity index (χ3v) is 8.35. The van der Waals surface area contributed by atoms with Crippen molar-refractivity contribution in [2.45, 2.75) is 30.7 Å². The lowest BCUT2D eigenvalue weighted by atomic mass is 10.1. The zero-order valence-electron chi connectivity index (χ0n) is 20.6. The van der Waals surface area contributed by atoms with Gasteiger partial charge < -0.3 is 15.5 Å². The van der Waals surface area contributed by atoms with E-state index in [1.54, 1.807) is 41.3 Å². The number of amides is 1. The number of hydrogen-bond acceptors (Lipinski definition) is 7. The summed E-state index contributed by atoms with van der Waals surface area (Å²) in [5, 5.41) is 7.11. The predicted octanol–water partition coefficient (Wildman–Crippen LogP) is 4.28. The van der Waals surface area contributed by atoms with Crippen molar-refractivity contribution in [3.8, 4) is 0 Å². The molecule has 12 heteroatoms. The number of likely N-dealkylation sites (tertiary alicyclic amines) is 1. The van der Waals surface area contributed by atoms with Gasteiger partial charge in [0.15, 0.2) is 5.65 Å². The first-order chi connectivity index (χ1) is 18.2. The molecule has 5 rings (SSSR count). The van der Waals surface area contributed by atoms with E-state index in [-0.39, 0.29) is 34.1 Å². The Hall–Kier alpha value is -3.70. The van der Waals surface area contributed by atoms with Crippen molar-refractivity contribution in [1.82, 2.24) is 18.8 Å². The molecule has 1 fully saturated rings. The number of aromatic nitrogens is 3. The fourth-order valence-corrected chi connectivity index (χ4v) is 6.04. The van der Waals surface area contributed by atoms with Crippen LogP contribution in [0, 0.1) is 12.7 Å². The van der Waals surface area contributed by atoms with Crippen LogP contribution in [0.5, 0.6) is 0 Å². The van der Waals surface area contributed by atoms with E-state index >= 15 is 0 Å². The molecule has 1 atom stereocenters. The second kappa shape index (κ2) is 10.6. The molecule has 2 aromatic heterocycles. The predicted molar refractivity (Wildman–Crippen MR) is 144 cm³/mol. The number of aryl methyl sites for hydroxylation is 1. The summed E-state index contributed by atoms with van der Waals surface area (Å²) in [6.45, 7) is 2.94. The van der Waals surface area contributed by atoms with Gasteiger partial charge in [-0.25, -0.2) is 26.7 Å². The van der Waals surface area contributed by atoms with E-state index < -0.39 is 15.8 Å². The molecular formula is C26H26ClFN6O3S. The third-order valence-electron chi connectivity index (χ3n) is 6.45. The van der Waals surface area contributed by atoms with E-state index in [2.05, 4.69) is 20.6 Å². The first-order valence-corrected chi connectivity index (χ1v) is 13.9. The second-order valence-corrected chi connectivity index (χ2v) is 11.5. The lowest BCUT2D eigenvalue weighted by Gasteiger charge is -2.33. The van der Waals surface area contributed by atoms with Gasteiger partial charge in [-0.3, -0.25) is 4.79 Å². The zero-order chi connectivity index (χ0) is 26.9. The smallest absolute Gasteiger partial charge is 0.269 e. The monoisotopic (exact) mass is 556 g/mol. The summed E-state index contributed by atoms with van der Waals surface area (Å²) in [7, 11) is -3.84. The molecule has 38 heavy (non-hydrogen) atoms. The Morgan fingerprint density at radius 2 is 1.95 bits per heavy atom. The van der Waals surface area contributed by atoms with E-state index in [1.807, 2.05) is 6.92 Å². The number of nitrogens with zero attached hydrogens (tertiary/aromatic N) is 4. The van der Waals surface area contributed by atoms with E-state index in [0.717, 1.165) is 22.4 Å². The SMILES string of the molecule is Cc1ccc(S(=O)(=O)n2ccc3c(NC4CCCN(C(=O)CNc5cc(F)cc(Cl)c5)C4)ncnc32)cc1. The minimum atomic E-state index is -3.84. The Balaban J connectivity index is 1.29. The van der Waals surface area contributed by atoms with E-state index in [4.69, 9.17) is 11.6 Å². The number of piperidine rings is 1. The Morgan fingerprint density at radius 1 is 1.16 bits per heavy atom. The summed E-state index contributed by atoms with van der Waals surface area (Å²) < 4.78 is 41.2. The fourth-order valence-electron chi connectivity index (χ4n) is 4.52. The highest BCUT2D eigenvalue weighted by Crippen LogP contribution is 2.26. The van der Waals surface area contributed by atoms with Crippen molar-refractivity contribution in [2.75, 3.05) is 30.3 Å². The molecule has 0 spiro atoms. The Labute approximate surface area is 224 Å². The van der Waals surface area contributed by atoms with Gasteiger partial charge in [-0.2, -0.15) is 0 Å². The van der Waals surface area contributed by atoms with Crippen LogP contribution in [-0.4, -0.2) is 58.8 Å². The van der Waals surface area contributed by atoms with Crippen LogP contribution in [0.1, 0.15) is 18.4 Å². The minimum Gasteiger partial charge on any atom is -0.376 e. The summed E-state index contributed by atoms with van der Waals surface area (Å²) >= 11 is 5.89. The molecule has 198 valence electrons. The maximum absolute atomic E-state index is 13.6. The van der Waals surface area contributed by atoms with Gasteiger partial charge in [0.1, 0.15) is 18.0 Å². The first kappa shape index (κ1) is 25.9. The number of carbonyl (C=O) groups excluding carboxylic acids is 1. The maximum atomic E-state index is 13.6. The maximum Gasteiger partial charge on any atom is 0.269 e. The molecule has 1 aliphatic heterocycles. The second-order valence-electron chi connectivity index (χ2n) is 9.22. The van der Waals surface area contributed by atoms with Gasteiger partial charge in [0.05, 0.1) is 16.8 Å². The summed E-state index contributed by atoms with van der Waals surface area (Å²) in [5.41, 5.74) is 1.66. The van der Waals surface area contributed by atoms with Crippen molar-refractivity contribution < 1.29 is 17.6 Å². The van der Waals surface area contributed by atoms with Crippen LogP contribution in [0.3, 0.4) is 0 Å². The summed E-state index contributed by atoms with van der Waals surface area (Å²) in [6.07, 6.45) is 4.39. The van der Waals surface area contributed by atoms with Crippen molar-refractivity contribution in [1.29, 1.82) is 0 Å². The molecule has 1 aliphatic rings. The Bertz CT molecular complexity index is 1570. The number of fused-ring (bicyclic) bond motifs is 1. The van der Waals surface area contributed by atoms with Gasteiger partial charge in [-0.15, -0.1) is 0 Å². The molecule has 2 aromatic carbocycles. The Kier molecular flexibility index (Phi) is 7.22. The lowest BCUT2D eigenvalue weighted by molar-refractivity contribution is -0.130. The van der Waals surface area contributed by atoms with Crippen LogP contribution in [0.25, 0.3) is 11.0 Å². The van der Waals surface area contributed by atoms with Crippen LogP contribution in [0.15, 0.2) is 66.0 Å². The average molecular weight is 557 g/mol. The quantitative estimate of drug-likeness (QED) is 0.349. The van der Waals surface area contributed by atoms with E-state index in [1.165, 1.54) is 24.7 Å². The molecule has 0 radical (unpaired) electrons. The molecule has 9 nitrogen and oxygen atoms in total. The van der Waals surface area contributed by atoms with Crippen LogP contribution in [0.4, 0.5) is 15.9 Å². The molecular weight excluding hydrogens is 531 g/mol. The van der Waals surface area contributed by atoms with Gasteiger partial charge in [-0.1, -0.05) is 29.3 Å². The number of rotatable bonds is 7. The summed E-state index contributed by atoms with van der Waals surface area (Å²) in [5.74, 6) is -0.105. The van der Waals surface area contributed by atoms with Crippen molar-refractivity contribution >= 4 is 50.1 Å². The highest BCUT2D eigenvalue weighted by Gasteiger charge is 2.26. The number of hydrogen-bond donors (Lipinski definition) is 2. The largest absolute Gasteiger partial charge is 0.376 e. The fraction of sp³-hybridized carbons (Fsp3) is 0.269. The summed E-state index contributed by atoms with van der Waals surface area (Å²) in [4.78, 5) is 23.3. The topological polar surface area (TPSA) is 109 Å². The Morgan fingerprint density at radius 3 is 2.71 bits per heavy atom. The summed E-state index contributed by atoms with van der Waals surface area (Å²) in [6, 6.07) is 12.3. The van der Waals surface area contributed by atoms with Crippen LogP contribution in [0.2, 0.25) is 5.02 Å². The molecule has 1 unspecified atom stereocenters. The van der Waals surface area contributed by atoms with E-state index in [0.29, 0.717) is 30.0 Å². The van der Waals surface area contributed by atoms with Gasteiger partial charge >= 0.3 is 0 Å². The molecule has 3 heterocycles. The molecule has 4 aromatic rings. The van der Waals surface area contributed by atoms with Crippen LogP contribution in [-0.2, 0) is 14.8 Å². The number of halogens is 2. The minimum absolute atomic E-state index is 0.00394. The molecule has 0 aliphatic carbocycles. The van der Waals surface area contributed by atoms with Crippen LogP contribution < -0.4 is 10.6 Å². The van der Waals surface area contributed by atoms with Crippen molar-refractivity contribution in [3.63, 3.8) is 0 Å². The molecule has 0 bridgehead atoms. The zero-order valence-corrected chi connectivity index (χ0v) is 22.1. The van der Waals surface area contributed by atoms with Gasteiger partial charge in [0.2, 0.25) is 5.91 Å². The molecule has 1 saturated heterocycles. The van der Waals surface area contributed by atoms with Gasteiger partial charge in [0, 0.05) is 36.0 Å². The normalized spacial score (nSPS) is 16.0. The third kappa shape index (κ3) is 5.44. The molecule has 1 amide bonds. The molecule has 2 N–H and O–H groups in total. The molecule has 0 saturated carbocycles. The van der Waals surface area contributed by atoms with Crippen LogP contribution >= 0.6 is 11.6 Å². The number of carbonyl (C=O) groups is 1.